The Hall–Kier alpha value is -0.0700. The van der Waals surface area contributed by atoms with E-state index in [0.717, 1.165) is 51.9 Å². The number of carbonyl (C=O) groups is 1. The number of nitrogens with two attached hydrogens (primary N) is 1. The summed E-state index contributed by atoms with van der Waals surface area (Å²) in [7, 11) is 0. The molecular formula is C21H39Cl2N3O2. The van der Waals surface area contributed by atoms with Gasteiger partial charge in [0.1, 0.15) is 0 Å². The molecule has 1 amide bonds. The van der Waals surface area contributed by atoms with Crippen molar-refractivity contribution in [3.8, 4) is 0 Å². The zero-order chi connectivity index (χ0) is 17.9. The molecule has 0 aromatic rings. The third kappa shape index (κ3) is 5.75. The highest BCUT2D eigenvalue weighted by atomic mass is 35.5. The first-order valence-electron chi connectivity index (χ1n) is 11.1. The van der Waals surface area contributed by atoms with Crippen LogP contribution in [0.25, 0.3) is 0 Å². The quantitative estimate of drug-likeness (QED) is 0.720. The van der Waals surface area contributed by atoms with Gasteiger partial charge in [-0.1, -0.05) is 6.42 Å². The monoisotopic (exact) mass is 435 g/mol. The van der Waals surface area contributed by atoms with Gasteiger partial charge >= 0.3 is 0 Å². The first kappa shape index (κ1) is 24.2. The SMILES string of the molecule is Cl.Cl.NC1C2CCCC1CC(C(=O)N1CCC(OCCN3CCCC3)CC1)C2. The van der Waals surface area contributed by atoms with Gasteiger partial charge in [-0.3, -0.25) is 4.79 Å². The van der Waals surface area contributed by atoms with Crippen molar-refractivity contribution in [2.45, 2.75) is 69.9 Å². The highest BCUT2D eigenvalue weighted by Crippen LogP contribution is 2.42. The van der Waals surface area contributed by atoms with Crippen LogP contribution in [0.3, 0.4) is 0 Å². The summed E-state index contributed by atoms with van der Waals surface area (Å²) >= 11 is 0. The summed E-state index contributed by atoms with van der Waals surface area (Å²) in [6.45, 7) is 6.16. The Balaban J connectivity index is 0.00000140. The second kappa shape index (κ2) is 11.4. The molecule has 0 aromatic heterocycles. The van der Waals surface area contributed by atoms with Gasteiger partial charge in [0.05, 0.1) is 12.7 Å². The molecule has 4 aliphatic rings. The van der Waals surface area contributed by atoms with Crippen LogP contribution in [0.2, 0.25) is 0 Å². The average Bonchev–Trinajstić information content (AvgIpc) is 3.15. The normalized spacial score (nSPS) is 33.8. The third-order valence-corrected chi connectivity index (χ3v) is 7.48. The third-order valence-electron chi connectivity index (χ3n) is 7.48. The molecule has 4 fully saturated rings. The standard InChI is InChI=1S/C21H37N3O2.2ClH/c22-20-16-4-3-5-17(20)15-18(14-16)21(25)24-10-6-19(7-11-24)26-13-12-23-8-1-2-9-23;;/h16-20H,1-15,22H2;2*1H. The summed E-state index contributed by atoms with van der Waals surface area (Å²) in [6.07, 6.45) is 10.9. The van der Waals surface area contributed by atoms with Crippen LogP contribution in [0, 0.1) is 17.8 Å². The van der Waals surface area contributed by atoms with E-state index in [-0.39, 0.29) is 30.7 Å². The smallest absolute Gasteiger partial charge is 0.225 e. The van der Waals surface area contributed by atoms with Crippen LogP contribution in [-0.2, 0) is 9.53 Å². The maximum Gasteiger partial charge on any atom is 0.225 e. The van der Waals surface area contributed by atoms with Gasteiger partial charge in [-0.2, -0.15) is 0 Å². The molecule has 2 N–H and O–H groups in total. The molecule has 2 atom stereocenters. The van der Waals surface area contributed by atoms with E-state index < -0.39 is 0 Å². The molecule has 0 aromatic carbocycles. The lowest BCUT2D eigenvalue weighted by molar-refractivity contribution is -0.141. The Morgan fingerprint density at radius 1 is 0.893 bits per heavy atom. The van der Waals surface area contributed by atoms with Gasteiger partial charge in [0.15, 0.2) is 0 Å². The van der Waals surface area contributed by atoms with Crippen LogP contribution in [-0.4, -0.2) is 67.2 Å². The van der Waals surface area contributed by atoms with Crippen LogP contribution >= 0.6 is 24.8 Å². The van der Waals surface area contributed by atoms with Crippen molar-refractivity contribution < 1.29 is 9.53 Å². The molecule has 7 heteroatoms. The molecule has 2 unspecified atom stereocenters. The fourth-order valence-electron chi connectivity index (χ4n) is 5.85. The van der Waals surface area contributed by atoms with Gasteiger partial charge in [0, 0.05) is 31.6 Å². The minimum atomic E-state index is 0. The first-order valence-corrected chi connectivity index (χ1v) is 11.1. The number of carbonyl (C=O) groups excluding carboxylic acids is 1. The van der Waals surface area contributed by atoms with Crippen molar-refractivity contribution in [1.29, 1.82) is 0 Å². The number of piperidine rings is 1. The number of ether oxygens (including phenoxy) is 1. The van der Waals surface area contributed by atoms with Gasteiger partial charge in [-0.25, -0.2) is 0 Å². The second-order valence-corrected chi connectivity index (χ2v) is 9.14. The number of fused-ring (bicyclic) bond motifs is 2. The van der Waals surface area contributed by atoms with Crippen molar-refractivity contribution in [3.63, 3.8) is 0 Å². The van der Waals surface area contributed by atoms with Crippen LogP contribution in [0.5, 0.6) is 0 Å². The molecule has 5 nitrogen and oxygen atoms in total. The molecule has 0 radical (unpaired) electrons. The van der Waals surface area contributed by atoms with E-state index in [9.17, 15) is 4.79 Å². The zero-order valence-corrected chi connectivity index (χ0v) is 18.7. The number of halogens is 2. The average molecular weight is 436 g/mol. The molecule has 2 saturated heterocycles. The van der Waals surface area contributed by atoms with Crippen molar-refractivity contribution in [3.05, 3.63) is 0 Å². The van der Waals surface area contributed by atoms with Gasteiger partial charge in [0.25, 0.3) is 0 Å². The van der Waals surface area contributed by atoms with Crippen molar-refractivity contribution in [1.82, 2.24) is 9.80 Å². The van der Waals surface area contributed by atoms with Crippen LogP contribution in [0.15, 0.2) is 0 Å². The van der Waals surface area contributed by atoms with Crippen LogP contribution in [0.1, 0.15) is 57.8 Å². The van der Waals surface area contributed by atoms with Gasteiger partial charge in [-0.05, 0) is 76.3 Å². The molecule has 2 aliphatic carbocycles. The highest BCUT2D eigenvalue weighted by molar-refractivity contribution is 5.85. The van der Waals surface area contributed by atoms with E-state index in [4.69, 9.17) is 10.5 Å². The fraction of sp³-hybridized carbons (Fsp3) is 0.952. The lowest BCUT2D eigenvalue weighted by atomic mass is 9.65. The minimum Gasteiger partial charge on any atom is -0.377 e. The van der Waals surface area contributed by atoms with Gasteiger partial charge in [-0.15, -0.1) is 24.8 Å². The molecule has 164 valence electrons. The van der Waals surface area contributed by atoms with E-state index in [0.29, 0.717) is 29.9 Å². The zero-order valence-electron chi connectivity index (χ0n) is 17.1. The Morgan fingerprint density at radius 2 is 1.50 bits per heavy atom. The Morgan fingerprint density at radius 3 is 2.11 bits per heavy atom. The molecule has 28 heavy (non-hydrogen) atoms. The summed E-state index contributed by atoms with van der Waals surface area (Å²) in [5.41, 5.74) is 6.39. The summed E-state index contributed by atoms with van der Waals surface area (Å²) in [6, 6.07) is 0.350. The lowest BCUT2D eigenvalue weighted by Gasteiger charge is -2.45. The molecule has 0 spiro atoms. The number of nitrogens with zero attached hydrogens (tertiary/aromatic N) is 2. The largest absolute Gasteiger partial charge is 0.377 e. The molecule has 2 aliphatic heterocycles. The summed E-state index contributed by atoms with van der Waals surface area (Å²) < 4.78 is 6.10. The van der Waals surface area contributed by atoms with Crippen molar-refractivity contribution in [2.75, 3.05) is 39.3 Å². The van der Waals surface area contributed by atoms with E-state index in [2.05, 4.69) is 9.80 Å². The predicted molar refractivity (Wildman–Crippen MR) is 117 cm³/mol. The van der Waals surface area contributed by atoms with E-state index >= 15 is 0 Å². The van der Waals surface area contributed by atoms with E-state index in [1.54, 1.807) is 0 Å². The number of rotatable bonds is 5. The fourth-order valence-corrected chi connectivity index (χ4v) is 5.85. The maximum absolute atomic E-state index is 13.0. The van der Waals surface area contributed by atoms with Gasteiger partial charge in [0.2, 0.25) is 5.91 Å². The summed E-state index contributed by atoms with van der Waals surface area (Å²) in [5, 5.41) is 0. The number of hydrogen-bond donors (Lipinski definition) is 1. The maximum atomic E-state index is 13.0. The Labute approximate surface area is 182 Å². The Kier molecular flexibility index (Phi) is 9.82. The number of amides is 1. The number of hydrogen-bond acceptors (Lipinski definition) is 4. The van der Waals surface area contributed by atoms with Crippen LogP contribution < -0.4 is 5.73 Å². The first-order chi connectivity index (χ1) is 12.7. The topological polar surface area (TPSA) is 58.8 Å². The molecular weight excluding hydrogens is 397 g/mol. The van der Waals surface area contributed by atoms with Gasteiger partial charge < -0.3 is 20.3 Å². The lowest BCUT2D eigenvalue weighted by Crippen LogP contribution is -2.51. The number of likely N-dealkylation sites (tertiary alicyclic amines) is 2. The van der Waals surface area contributed by atoms with Crippen LogP contribution in [0.4, 0.5) is 0 Å². The predicted octanol–water partition coefficient (Wildman–Crippen LogP) is 3.09. The molecule has 2 saturated carbocycles. The second-order valence-electron chi connectivity index (χ2n) is 9.14. The van der Waals surface area contributed by atoms with E-state index in [1.807, 2.05) is 0 Å². The Bertz CT molecular complexity index is 468. The summed E-state index contributed by atoms with van der Waals surface area (Å²) in [4.78, 5) is 17.6. The molecule has 2 bridgehead atoms. The van der Waals surface area contributed by atoms with Crippen molar-refractivity contribution in [2.24, 2.45) is 23.5 Å². The minimum absolute atomic E-state index is 0. The summed E-state index contributed by atoms with van der Waals surface area (Å²) in [5.74, 6) is 1.81. The van der Waals surface area contributed by atoms with Crippen molar-refractivity contribution >= 4 is 30.7 Å². The highest BCUT2D eigenvalue weighted by Gasteiger charge is 2.42. The van der Waals surface area contributed by atoms with E-state index in [1.165, 1.54) is 45.2 Å². The molecule has 2 heterocycles. The molecule has 4 rings (SSSR count).